The number of carbonyl (C=O) groups is 2. The van der Waals surface area contributed by atoms with Crippen LogP contribution in [0.3, 0.4) is 0 Å². The molecule has 0 aliphatic carbocycles. The van der Waals surface area contributed by atoms with Gasteiger partial charge in [0.25, 0.3) is 5.91 Å². The summed E-state index contributed by atoms with van der Waals surface area (Å²) in [7, 11) is 1.81. The molecular formula is C19H26N6O3. The van der Waals surface area contributed by atoms with Crippen LogP contribution in [0.1, 0.15) is 48.6 Å². The molecule has 2 atom stereocenters. The summed E-state index contributed by atoms with van der Waals surface area (Å²) in [4.78, 5) is 29.2. The van der Waals surface area contributed by atoms with Crippen LogP contribution in [-0.2, 0) is 29.5 Å². The van der Waals surface area contributed by atoms with Crippen molar-refractivity contribution in [1.29, 1.82) is 0 Å². The molecule has 4 rings (SSSR count). The Morgan fingerprint density at radius 3 is 2.75 bits per heavy atom. The summed E-state index contributed by atoms with van der Waals surface area (Å²) in [6, 6.07) is 0. The molecule has 2 aliphatic rings. The number of aryl methyl sites for hydroxylation is 2. The van der Waals surface area contributed by atoms with Crippen molar-refractivity contribution >= 4 is 17.5 Å². The number of anilines is 1. The molecule has 150 valence electrons. The fourth-order valence-corrected chi connectivity index (χ4v) is 4.15. The highest BCUT2D eigenvalue weighted by atomic mass is 16.5. The van der Waals surface area contributed by atoms with Crippen LogP contribution in [0.25, 0.3) is 0 Å². The van der Waals surface area contributed by atoms with Crippen LogP contribution in [0.2, 0.25) is 0 Å². The van der Waals surface area contributed by atoms with Gasteiger partial charge in [0.05, 0.1) is 29.8 Å². The number of piperazine rings is 1. The molecule has 0 bridgehead atoms. The van der Waals surface area contributed by atoms with Crippen molar-refractivity contribution in [3.63, 3.8) is 0 Å². The zero-order chi connectivity index (χ0) is 20.0. The number of ether oxygens (including phenoxy) is 1. The minimum atomic E-state index is -0.177. The van der Waals surface area contributed by atoms with Crippen LogP contribution in [0, 0.1) is 0 Å². The molecule has 0 N–H and O–H groups in total. The zero-order valence-corrected chi connectivity index (χ0v) is 16.8. The molecule has 9 heteroatoms. The third kappa shape index (κ3) is 3.09. The molecule has 2 aromatic rings. The van der Waals surface area contributed by atoms with Crippen molar-refractivity contribution in [2.45, 2.75) is 45.9 Å². The lowest BCUT2D eigenvalue weighted by Crippen LogP contribution is -2.52. The molecule has 0 radical (unpaired) electrons. The maximum Gasteiger partial charge on any atom is 0.275 e. The Labute approximate surface area is 163 Å². The van der Waals surface area contributed by atoms with Gasteiger partial charge in [0.15, 0.2) is 5.69 Å². The largest absolute Gasteiger partial charge is 0.369 e. The highest BCUT2D eigenvalue weighted by Gasteiger charge is 2.36. The normalized spacial score (nSPS) is 22.5. The summed E-state index contributed by atoms with van der Waals surface area (Å²) in [5.41, 5.74) is 3.15. The molecule has 0 aromatic carbocycles. The average Bonchev–Trinajstić information content (AvgIpc) is 3.24. The third-order valence-corrected chi connectivity index (χ3v) is 5.42. The van der Waals surface area contributed by atoms with Gasteiger partial charge in [0.2, 0.25) is 5.91 Å². The second kappa shape index (κ2) is 7.05. The van der Waals surface area contributed by atoms with E-state index in [-0.39, 0.29) is 30.6 Å². The van der Waals surface area contributed by atoms with Gasteiger partial charge >= 0.3 is 0 Å². The second-order valence-electron chi connectivity index (χ2n) is 7.47. The van der Waals surface area contributed by atoms with Gasteiger partial charge in [-0.2, -0.15) is 10.2 Å². The van der Waals surface area contributed by atoms with Gasteiger partial charge in [-0.05, 0) is 20.8 Å². The molecule has 1 fully saturated rings. The van der Waals surface area contributed by atoms with Gasteiger partial charge in [-0.3, -0.25) is 19.0 Å². The lowest BCUT2D eigenvalue weighted by Gasteiger charge is -2.33. The van der Waals surface area contributed by atoms with Crippen molar-refractivity contribution in [2.75, 3.05) is 24.5 Å². The molecule has 28 heavy (non-hydrogen) atoms. The van der Waals surface area contributed by atoms with E-state index in [0.29, 0.717) is 31.7 Å². The zero-order valence-electron chi connectivity index (χ0n) is 16.8. The molecule has 0 unspecified atom stereocenters. The van der Waals surface area contributed by atoms with E-state index in [1.165, 1.54) is 0 Å². The van der Waals surface area contributed by atoms with E-state index in [1.807, 2.05) is 32.5 Å². The van der Waals surface area contributed by atoms with Crippen LogP contribution < -0.4 is 4.90 Å². The van der Waals surface area contributed by atoms with Crippen LogP contribution in [0.4, 0.5) is 5.69 Å². The van der Waals surface area contributed by atoms with E-state index < -0.39 is 0 Å². The van der Waals surface area contributed by atoms with Gasteiger partial charge < -0.3 is 14.5 Å². The average molecular weight is 386 g/mol. The minimum absolute atomic E-state index is 0.0348. The molecular weight excluding hydrogens is 360 g/mol. The molecule has 4 heterocycles. The monoisotopic (exact) mass is 386 g/mol. The first-order valence-electron chi connectivity index (χ1n) is 9.72. The van der Waals surface area contributed by atoms with Crippen molar-refractivity contribution in [3.05, 3.63) is 29.3 Å². The first-order valence-corrected chi connectivity index (χ1v) is 9.72. The quantitative estimate of drug-likeness (QED) is 0.790. The van der Waals surface area contributed by atoms with E-state index >= 15 is 0 Å². The maximum absolute atomic E-state index is 13.2. The van der Waals surface area contributed by atoms with Crippen molar-refractivity contribution in [3.8, 4) is 0 Å². The smallest absolute Gasteiger partial charge is 0.275 e. The molecule has 9 nitrogen and oxygen atoms in total. The SMILES string of the molecule is CCn1nc(C(=O)N2CCN(c3cnn(C)c3)C(=O)C2)c2c1[C@H](C)O[C@H](C)C2. The lowest BCUT2D eigenvalue weighted by molar-refractivity contribution is -0.120. The van der Waals surface area contributed by atoms with E-state index in [0.717, 1.165) is 16.9 Å². The predicted octanol–water partition coefficient (Wildman–Crippen LogP) is 1.15. The molecule has 2 aliphatic heterocycles. The fraction of sp³-hybridized carbons (Fsp3) is 0.579. The summed E-state index contributed by atoms with van der Waals surface area (Å²) < 4.78 is 9.44. The standard InChI is InChI=1S/C19H26N6O3/c1-5-25-18-13(3)28-12(2)8-15(18)17(21-25)19(27)23-6-7-24(16(26)11-23)14-9-20-22(4)10-14/h9-10,12-13H,5-8,11H2,1-4H3/t12-,13+/m1/s1. The number of hydrogen-bond donors (Lipinski definition) is 0. The second-order valence-corrected chi connectivity index (χ2v) is 7.47. The van der Waals surface area contributed by atoms with E-state index in [9.17, 15) is 9.59 Å². The van der Waals surface area contributed by atoms with Crippen molar-refractivity contribution < 1.29 is 14.3 Å². The molecule has 2 aromatic heterocycles. The summed E-state index contributed by atoms with van der Waals surface area (Å²) >= 11 is 0. The van der Waals surface area contributed by atoms with Crippen LogP contribution in [0.5, 0.6) is 0 Å². The van der Waals surface area contributed by atoms with Crippen LogP contribution >= 0.6 is 0 Å². The highest BCUT2D eigenvalue weighted by molar-refractivity contribution is 6.01. The molecule has 1 saturated heterocycles. The van der Waals surface area contributed by atoms with Gasteiger partial charge in [-0.1, -0.05) is 0 Å². The molecule has 0 saturated carbocycles. The summed E-state index contributed by atoms with van der Waals surface area (Å²) in [6.07, 6.45) is 4.06. The number of nitrogens with zero attached hydrogens (tertiary/aromatic N) is 6. The Morgan fingerprint density at radius 1 is 1.32 bits per heavy atom. The number of carbonyl (C=O) groups excluding carboxylic acids is 2. The Bertz CT molecular complexity index is 917. The minimum Gasteiger partial charge on any atom is -0.369 e. The van der Waals surface area contributed by atoms with E-state index in [1.54, 1.807) is 26.9 Å². The molecule has 2 amide bonds. The number of fused-ring (bicyclic) bond motifs is 1. The summed E-state index contributed by atoms with van der Waals surface area (Å²) in [5, 5.41) is 8.70. The first kappa shape index (κ1) is 18.7. The number of aromatic nitrogens is 4. The fourth-order valence-electron chi connectivity index (χ4n) is 4.15. The summed E-state index contributed by atoms with van der Waals surface area (Å²) in [5.74, 6) is -0.287. The number of hydrogen-bond acceptors (Lipinski definition) is 5. The molecule has 0 spiro atoms. The Balaban J connectivity index is 1.57. The van der Waals surface area contributed by atoms with Crippen LogP contribution in [0.15, 0.2) is 12.4 Å². The predicted molar refractivity (Wildman–Crippen MR) is 102 cm³/mol. The third-order valence-electron chi connectivity index (χ3n) is 5.42. The number of amides is 2. The van der Waals surface area contributed by atoms with Gasteiger partial charge in [-0.15, -0.1) is 0 Å². The summed E-state index contributed by atoms with van der Waals surface area (Å²) in [6.45, 7) is 7.63. The van der Waals surface area contributed by atoms with Crippen molar-refractivity contribution in [1.82, 2.24) is 24.5 Å². The Kier molecular flexibility index (Phi) is 4.70. The first-order chi connectivity index (χ1) is 13.4. The lowest BCUT2D eigenvalue weighted by atomic mass is 9.99. The maximum atomic E-state index is 13.2. The Morgan fingerprint density at radius 2 is 2.11 bits per heavy atom. The highest BCUT2D eigenvalue weighted by Crippen LogP contribution is 2.33. The Hall–Kier alpha value is -2.68. The van der Waals surface area contributed by atoms with E-state index in [2.05, 4.69) is 10.2 Å². The van der Waals surface area contributed by atoms with Crippen molar-refractivity contribution in [2.24, 2.45) is 7.05 Å². The van der Waals surface area contributed by atoms with E-state index in [4.69, 9.17) is 4.74 Å². The number of rotatable bonds is 3. The van der Waals surface area contributed by atoms with Gasteiger partial charge in [0.1, 0.15) is 6.54 Å². The van der Waals surface area contributed by atoms with Crippen LogP contribution in [-0.4, -0.2) is 62.0 Å². The topological polar surface area (TPSA) is 85.5 Å². The van der Waals surface area contributed by atoms with Gasteiger partial charge in [-0.25, -0.2) is 0 Å². The van der Waals surface area contributed by atoms with Gasteiger partial charge in [0, 0.05) is 44.9 Å².